The van der Waals surface area contributed by atoms with Crippen molar-refractivity contribution in [3.8, 4) is 0 Å². The standard InChI is InChI=1S/C12H14ClNO2/c13-11-10(6-3-7-14-11)12(15)16-8-9-4-1-2-5-9/h3,6-7,9H,1-2,4-5,8H2. The minimum Gasteiger partial charge on any atom is -0.462 e. The number of halogens is 1. The first kappa shape index (κ1) is 11.4. The molecule has 4 heteroatoms. The van der Waals surface area contributed by atoms with E-state index < -0.39 is 0 Å². The van der Waals surface area contributed by atoms with Crippen molar-refractivity contribution in [1.82, 2.24) is 4.98 Å². The average molecular weight is 240 g/mol. The first-order valence-corrected chi connectivity index (χ1v) is 5.93. The smallest absolute Gasteiger partial charge is 0.341 e. The summed E-state index contributed by atoms with van der Waals surface area (Å²) in [5.74, 6) is 0.157. The summed E-state index contributed by atoms with van der Waals surface area (Å²) in [6.07, 6.45) is 6.36. The van der Waals surface area contributed by atoms with Gasteiger partial charge in [0.2, 0.25) is 0 Å². The second-order valence-corrected chi connectivity index (χ2v) is 4.45. The van der Waals surface area contributed by atoms with Gasteiger partial charge in [0.1, 0.15) is 5.15 Å². The van der Waals surface area contributed by atoms with Crippen LogP contribution in [-0.2, 0) is 4.74 Å². The first-order valence-electron chi connectivity index (χ1n) is 5.55. The van der Waals surface area contributed by atoms with Crippen molar-refractivity contribution in [2.45, 2.75) is 25.7 Å². The fourth-order valence-electron chi connectivity index (χ4n) is 1.99. The van der Waals surface area contributed by atoms with E-state index >= 15 is 0 Å². The Hall–Kier alpha value is -1.09. The van der Waals surface area contributed by atoms with Gasteiger partial charge >= 0.3 is 5.97 Å². The molecule has 2 rings (SSSR count). The van der Waals surface area contributed by atoms with Gasteiger partial charge < -0.3 is 4.74 Å². The highest BCUT2D eigenvalue weighted by molar-refractivity contribution is 6.32. The maximum atomic E-state index is 11.7. The maximum Gasteiger partial charge on any atom is 0.341 e. The zero-order valence-corrected chi connectivity index (χ0v) is 9.74. The molecule has 0 aromatic carbocycles. The molecule has 0 amide bonds. The molecule has 1 aliphatic carbocycles. The number of hydrogen-bond donors (Lipinski definition) is 0. The van der Waals surface area contributed by atoms with Gasteiger partial charge in [-0.15, -0.1) is 0 Å². The Labute approximate surface area is 99.8 Å². The van der Waals surface area contributed by atoms with Gasteiger partial charge in [-0.1, -0.05) is 24.4 Å². The van der Waals surface area contributed by atoms with Crippen molar-refractivity contribution in [1.29, 1.82) is 0 Å². The second-order valence-electron chi connectivity index (χ2n) is 4.09. The summed E-state index contributed by atoms with van der Waals surface area (Å²) >= 11 is 5.80. The molecule has 0 radical (unpaired) electrons. The van der Waals surface area contributed by atoms with Crippen molar-refractivity contribution >= 4 is 17.6 Å². The highest BCUT2D eigenvalue weighted by Gasteiger charge is 2.18. The molecule has 1 aromatic rings. The van der Waals surface area contributed by atoms with Gasteiger partial charge in [0.25, 0.3) is 0 Å². The predicted octanol–water partition coefficient (Wildman–Crippen LogP) is 3.08. The van der Waals surface area contributed by atoms with Gasteiger partial charge in [-0.3, -0.25) is 0 Å². The molecule has 3 nitrogen and oxygen atoms in total. The molecule has 0 aliphatic heterocycles. The molecular weight excluding hydrogens is 226 g/mol. The molecule has 0 unspecified atom stereocenters. The summed E-state index contributed by atoms with van der Waals surface area (Å²) in [7, 11) is 0. The van der Waals surface area contributed by atoms with E-state index in [0.717, 1.165) is 12.8 Å². The molecule has 86 valence electrons. The molecule has 0 atom stereocenters. The fourth-order valence-corrected chi connectivity index (χ4v) is 2.18. The van der Waals surface area contributed by atoms with Crippen LogP contribution in [0.4, 0.5) is 0 Å². The van der Waals surface area contributed by atoms with Crippen LogP contribution >= 0.6 is 11.6 Å². The third kappa shape index (κ3) is 2.73. The van der Waals surface area contributed by atoms with E-state index in [2.05, 4.69) is 4.98 Å². The summed E-state index contributed by atoms with van der Waals surface area (Å²) < 4.78 is 5.23. The molecule has 16 heavy (non-hydrogen) atoms. The van der Waals surface area contributed by atoms with Crippen LogP contribution in [0.1, 0.15) is 36.0 Å². The minimum atomic E-state index is -0.370. The van der Waals surface area contributed by atoms with Gasteiger partial charge in [0.15, 0.2) is 0 Å². The van der Waals surface area contributed by atoms with E-state index in [9.17, 15) is 4.79 Å². The third-order valence-electron chi connectivity index (χ3n) is 2.90. The molecule has 0 saturated heterocycles. The summed E-state index contributed by atoms with van der Waals surface area (Å²) in [6, 6.07) is 3.31. The van der Waals surface area contributed by atoms with Crippen LogP contribution in [0.5, 0.6) is 0 Å². The van der Waals surface area contributed by atoms with Crippen molar-refractivity contribution in [2.75, 3.05) is 6.61 Å². The van der Waals surface area contributed by atoms with E-state index in [-0.39, 0.29) is 11.1 Å². The Bertz CT molecular complexity index is 375. The topological polar surface area (TPSA) is 39.2 Å². The average Bonchev–Trinajstić information content (AvgIpc) is 2.79. The summed E-state index contributed by atoms with van der Waals surface area (Å²) in [5.41, 5.74) is 0.349. The van der Waals surface area contributed by atoms with Crippen LogP contribution in [0.15, 0.2) is 18.3 Å². The molecular formula is C12H14ClNO2. The SMILES string of the molecule is O=C(OCC1CCCC1)c1cccnc1Cl. The number of nitrogens with zero attached hydrogens (tertiary/aromatic N) is 1. The van der Waals surface area contributed by atoms with E-state index in [4.69, 9.17) is 16.3 Å². The summed E-state index contributed by atoms with van der Waals surface area (Å²) in [6.45, 7) is 0.504. The van der Waals surface area contributed by atoms with Crippen LogP contribution < -0.4 is 0 Å². The van der Waals surface area contributed by atoms with Crippen molar-refractivity contribution in [3.63, 3.8) is 0 Å². The number of ether oxygens (including phenoxy) is 1. The third-order valence-corrected chi connectivity index (χ3v) is 3.21. The normalized spacial score (nSPS) is 16.3. The Kier molecular flexibility index (Phi) is 3.78. The summed E-state index contributed by atoms with van der Waals surface area (Å²) in [4.78, 5) is 15.5. The van der Waals surface area contributed by atoms with E-state index in [1.807, 2.05) is 0 Å². The predicted molar refractivity (Wildman–Crippen MR) is 61.5 cm³/mol. The number of carbonyl (C=O) groups is 1. The van der Waals surface area contributed by atoms with E-state index in [0.29, 0.717) is 18.1 Å². The van der Waals surface area contributed by atoms with E-state index in [1.165, 1.54) is 12.8 Å². The zero-order chi connectivity index (χ0) is 11.4. The number of hydrogen-bond acceptors (Lipinski definition) is 3. The lowest BCUT2D eigenvalue weighted by Gasteiger charge is -2.10. The van der Waals surface area contributed by atoms with Gasteiger partial charge in [-0.25, -0.2) is 9.78 Å². The van der Waals surface area contributed by atoms with Crippen LogP contribution in [0.2, 0.25) is 5.15 Å². The van der Waals surface area contributed by atoms with Crippen molar-refractivity contribution in [2.24, 2.45) is 5.92 Å². The van der Waals surface area contributed by atoms with Gasteiger partial charge in [0.05, 0.1) is 12.2 Å². The molecule has 1 fully saturated rings. The van der Waals surface area contributed by atoms with Crippen LogP contribution in [-0.4, -0.2) is 17.6 Å². The Morgan fingerprint density at radius 2 is 2.25 bits per heavy atom. The Morgan fingerprint density at radius 3 is 2.94 bits per heavy atom. The fraction of sp³-hybridized carbons (Fsp3) is 0.500. The molecule has 1 aromatic heterocycles. The number of aromatic nitrogens is 1. The van der Waals surface area contributed by atoms with Gasteiger partial charge in [-0.05, 0) is 30.9 Å². The molecule has 1 aliphatic rings. The number of carbonyl (C=O) groups excluding carboxylic acids is 1. The molecule has 0 N–H and O–H groups in total. The lowest BCUT2D eigenvalue weighted by atomic mass is 10.1. The Morgan fingerprint density at radius 1 is 1.50 bits per heavy atom. The van der Waals surface area contributed by atoms with Crippen LogP contribution in [0.3, 0.4) is 0 Å². The Balaban J connectivity index is 1.90. The quantitative estimate of drug-likeness (QED) is 0.601. The van der Waals surface area contributed by atoms with E-state index in [1.54, 1.807) is 18.3 Å². The molecule has 1 saturated carbocycles. The van der Waals surface area contributed by atoms with Crippen LogP contribution in [0.25, 0.3) is 0 Å². The zero-order valence-electron chi connectivity index (χ0n) is 8.99. The largest absolute Gasteiger partial charge is 0.462 e. The first-order chi connectivity index (χ1) is 7.77. The number of pyridine rings is 1. The summed E-state index contributed by atoms with van der Waals surface area (Å²) in [5, 5.41) is 0.207. The lowest BCUT2D eigenvalue weighted by Crippen LogP contribution is -2.12. The van der Waals surface area contributed by atoms with Crippen molar-refractivity contribution in [3.05, 3.63) is 29.0 Å². The molecule has 0 bridgehead atoms. The van der Waals surface area contributed by atoms with Gasteiger partial charge in [0, 0.05) is 6.20 Å². The molecule has 0 spiro atoms. The minimum absolute atomic E-state index is 0.207. The number of esters is 1. The molecule has 1 heterocycles. The highest BCUT2D eigenvalue weighted by Crippen LogP contribution is 2.25. The van der Waals surface area contributed by atoms with Crippen molar-refractivity contribution < 1.29 is 9.53 Å². The maximum absolute atomic E-state index is 11.7. The highest BCUT2D eigenvalue weighted by atomic mass is 35.5. The monoisotopic (exact) mass is 239 g/mol. The van der Waals surface area contributed by atoms with Gasteiger partial charge in [-0.2, -0.15) is 0 Å². The lowest BCUT2D eigenvalue weighted by molar-refractivity contribution is 0.0442. The number of rotatable bonds is 3. The second kappa shape index (κ2) is 5.30. The van der Waals surface area contributed by atoms with Crippen LogP contribution in [0, 0.1) is 5.92 Å².